The smallest absolute Gasteiger partial charge is 0.170 e. The first kappa shape index (κ1) is 15.3. The summed E-state index contributed by atoms with van der Waals surface area (Å²) in [5.41, 5.74) is 2.18. The van der Waals surface area contributed by atoms with Gasteiger partial charge in [0.25, 0.3) is 0 Å². The van der Waals surface area contributed by atoms with Gasteiger partial charge in [0.2, 0.25) is 0 Å². The van der Waals surface area contributed by atoms with Crippen LogP contribution in [0.5, 0.6) is 0 Å². The molecule has 0 radical (unpaired) electrons. The Morgan fingerprint density at radius 3 is 2.73 bits per heavy atom. The number of hydrogen-bond donors (Lipinski definition) is 0. The van der Waals surface area contributed by atoms with Crippen molar-refractivity contribution >= 4 is 35.0 Å². The number of hydrogen-bond acceptors (Lipinski definition) is 3. The Morgan fingerprint density at radius 1 is 1.23 bits per heavy atom. The predicted octanol–water partition coefficient (Wildman–Crippen LogP) is 4.93. The van der Waals surface area contributed by atoms with Gasteiger partial charge in [0.15, 0.2) is 18.2 Å². The highest BCUT2D eigenvalue weighted by Crippen LogP contribution is 2.31. The van der Waals surface area contributed by atoms with Crippen LogP contribution in [-0.4, -0.2) is 8.96 Å². The summed E-state index contributed by atoms with van der Waals surface area (Å²) in [7, 11) is 0. The fourth-order valence-corrected chi connectivity index (χ4v) is 2.88. The molecule has 0 spiro atoms. The van der Waals surface area contributed by atoms with Crippen LogP contribution in [0, 0.1) is 5.82 Å². The van der Waals surface area contributed by atoms with Crippen molar-refractivity contribution in [3.8, 4) is 0 Å². The van der Waals surface area contributed by atoms with Gasteiger partial charge in [0.05, 0.1) is 30.6 Å². The number of benzene rings is 1. The zero-order valence-electron chi connectivity index (χ0n) is 11.3. The Bertz CT molecular complexity index is 795. The second-order valence-electron chi connectivity index (χ2n) is 4.63. The highest BCUT2D eigenvalue weighted by atomic mass is 35.5. The number of nitrogens with zero attached hydrogens (tertiary/aromatic N) is 2. The lowest BCUT2D eigenvalue weighted by molar-refractivity contribution is 0.104. The van der Waals surface area contributed by atoms with Gasteiger partial charge >= 0.3 is 0 Å². The number of fused-ring (bicyclic) bond motifs is 1. The quantitative estimate of drug-likeness (QED) is 0.659. The van der Waals surface area contributed by atoms with E-state index in [2.05, 4.69) is 4.98 Å². The summed E-state index contributed by atoms with van der Waals surface area (Å²) in [4.78, 5) is 3.92. The van der Waals surface area contributed by atoms with Gasteiger partial charge in [0, 0.05) is 0 Å². The Morgan fingerprint density at radius 2 is 2.00 bits per heavy atom. The minimum Gasteiger partial charge on any atom is -0.371 e. The van der Waals surface area contributed by atoms with E-state index >= 15 is 0 Å². The van der Waals surface area contributed by atoms with Crippen LogP contribution >= 0.6 is 23.9 Å². The Balaban J connectivity index is 1.83. The molecule has 0 aliphatic rings. The van der Waals surface area contributed by atoms with Gasteiger partial charge in [-0.05, 0) is 11.6 Å². The predicted molar refractivity (Wildman–Crippen MR) is 83.7 cm³/mol. The molecule has 3 rings (SSSR count). The van der Waals surface area contributed by atoms with Crippen molar-refractivity contribution in [2.45, 2.75) is 13.2 Å². The zero-order valence-corrected chi connectivity index (χ0v) is 12.9. The van der Waals surface area contributed by atoms with E-state index < -0.39 is 5.82 Å². The van der Waals surface area contributed by atoms with E-state index in [0.29, 0.717) is 17.8 Å². The van der Waals surface area contributed by atoms with E-state index in [1.54, 1.807) is 6.07 Å². The highest BCUT2D eigenvalue weighted by molar-refractivity contribution is 7.93. The summed E-state index contributed by atoms with van der Waals surface area (Å²) >= 11 is 5.84. The second kappa shape index (κ2) is 6.64. The van der Waals surface area contributed by atoms with Gasteiger partial charge in [-0.3, -0.25) is 8.96 Å². The largest absolute Gasteiger partial charge is 0.371 e. The molecule has 0 N–H and O–H groups in total. The molecule has 0 amide bonds. The fourth-order valence-electron chi connectivity index (χ4n) is 2.16. The second-order valence-corrected chi connectivity index (χ2v) is 5.51. The van der Waals surface area contributed by atoms with Crippen LogP contribution in [0.1, 0.15) is 11.3 Å². The molecule has 114 valence electrons. The molecule has 1 aromatic carbocycles. The van der Waals surface area contributed by atoms with Crippen molar-refractivity contribution in [2.75, 3.05) is 0 Å². The van der Waals surface area contributed by atoms with Crippen molar-refractivity contribution in [1.82, 2.24) is 8.96 Å². The third kappa shape index (κ3) is 2.95. The monoisotopic (exact) mass is 340 g/mol. The van der Waals surface area contributed by atoms with Gasteiger partial charge in [-0.2, -0.15) is 0 Å². The lowest BCUT2D eigenvalue weighted by Gasteiger charge is -2.06. The summed E-state index contributed by atoms with van der Waals surface area (Å²) in [6, 6.07) is 11.3. The molecule has 0 aliphatic carbocycles. The van der Waals surface area contributed by atoms with Gasteiger partial charge in [-0.15, -0.1) is 3.89 Å². The Labute approximate surface area is 135 Å². The molecule has 0 atom stereocenters. The molecule has 7 heteroatoms. The first-order valence-corrected chi connectivity index (χ1v) is 7.51. The minimum absolute atomic E-state index is 0.0537. The lowest BCUT2D eigenvalue weighted by atomic mass is 10.2. The van der Waals surface area contributed by atoms with Crippen LogP contribution < -0.4 is 0 Å². The van der Waals surface area contributed by atoms with Crippen molar-refractivity contribution in [1.29, 1.82) is 0 Å². The lowest BCUT2D eigenvalue weighted by Crippen LogP contribution is -1.98. The van der Waals surface area contributed by atoms with E-state index in [4.69, 9.17) is 16.3 Å². The first-order valence-electron chi connectivity index (χ1n) is 6.46. The number of ether oxygens (including phenoxy) is 1. The summed E-state index contributed by atoms with van der Waals surface area (Å²) in [6.07, 6.45) is 1.02. The molecule has 0 fully saturated rings. The number of aromatic nitrogens is 2. The third-order valence-corrected chi connectivity index (χ3v) is 4.09. The third-order valence-electron chi connectivity index (χ3n) is 3.17. The van der Waals surface area contributed by atoms with Gasteiger partial charge in [-0.1, -0.05) is 41.9 Å². The van der Waals surface area contributed by atoms with Crippen molar-refractivity contribution in [3.63, 3.8) is 0 Å². The summed E-state index contributed by atoms with van der Waals surface area (Å²) in [5, 5.41) is -0.149. The van der Waals surface area contributed by atoms with Crippen molar-refractivity contribution in [2.24, 2.45) is 0 Å². The molecule has 0 aliphatic heterocycles. The molecule has 2 heterocycles. The minimum atomic E-state index is -0.681. The van der Waals surface area contributed by atoms with Gasteiger partial charge in [-0.25, -0.2) is 4.39 Å². The molecule has 3 aromatic rings. The van der Waals surface area contributed by atoms with Gasteiger partial charge < -0.3 is 4.74 Å². The van der Waals surface area contributed by atoms with E-state index in [9.17, 15) is 8.28 Å². The first-order chi connectivity index (χ1) is 10.7. The SMILES string of the molecule is FSn1c(COCc2ccccc2)cc2ncc(F)c(Cl)c21. The average Bonchev–Trinajstić information content (AvgIpc) is 2.90. The highest BCUT2D eigenvalue weighted by Gasteiger charge is 2.16. The van der Waals surface area contributed by atoms with Crippen LogP contribution in [0.4, 0.5) is 8.28 Å². The van der Waals surface area contributed by atoms with Crippen LogP contribution in [0.2, 0.25) is 5.02 Å². The van der Waals surface area contributed by atoms with Gasteiger partial charge in [0.1, 0.15) is 10.5 Å². The van der Waals surface area contributed by atoms with Crippen LogP contribution in [0.15, 0.2) is 42.6 Å². The molecule has 2 aromatic heterocycles. The molecule has 22 heavy (non-hydrogen) atoms. The summed E-state index contributed by atoms with van der Waals surface area (Å²) in [5.74, 6) is -0.681. The maximum Gasteiger partial charge on any atom is 0.170 e. The zero-order chi connectivity index (χ0) is 15.5. The van der Waals surface area contributed by atoms with Crippen LogP contribution in [-0.2, 0) is 18.0 Å². The standard InChI is InChI=1S/C15H11ClF2N2OS/c16-14-12(17)7-19-13-6-11(20(22-18)15(13)14)9-21-8-10-4-2-1-3-5-10/h1-7H,8-9H2. The van der Waals surface area contributed by atoms with E-state index in [0.717, 1.165) is 11.8 Å². The molecule has 3 nitrogen and oxygen atoms in total. The maximum absolute atomic E-state index is 13.5. The van der Waals surface area contributed by atoms with E-state index in [1.807, 2.05) is 30.3 Å². The number of rotatable bonds is 5. The van der Waals surface area contributed by atoms with Crippen LogP contribution in [0.3, 0.4) is 0 Å². The average molecular weight is 341 g/mol. The van der Waals surface area contributed by atoms with Crippen LogP contribution in [0.25, 0.3) is 11.0 Å². The molecule has 0 unspecified atom stereocenters. The molecule has 0 saturated carbocycles. The Hall–Kier alpha value is -1.63. The number of pyridine rings is 1. The van der Waals surface area contributed by atoms with E-state index in [-0.39, 0.29) is 29.5 Å². The summed E-state index contributed by atoms with van der Waals surface area (Å²) in [6.45, 7) is 0.564. The molecular weight excluding hydrogens is 330 g/mol. The molecular formula is C15H11ClF2N2OS. The van der Waals surface area contributed by atoms with Crippen molar-refractivity contribution in [3.05, 3.63) is 64.7 Å². The fraction of sp³-hybridized carbons (Fsp3) is 0.133. The van der Waals surface area contributed by atoms with Crippen molar-refractivity contribution < 1.29 is 13.0 Å². The Kier molecular flexibility index (Phi) is 4.61. The maximum atomic E-state index is 13.5. The molecule has 0 saturated heterocycles. The normalized spacial score (nSPS) is 11.2. The summed E-state index contributed by atoms with van der Waals surface area (Å²) < 4.78 is 33.5. The van der Waals surface area contributed by atoms with E-state index in [1.165, 1.54) is 3.97 Å². The topological polar surface area (TPSA) is 27.1 Å². The molecule has 0 bridgehead atoms. The number of halogens is 3.